The Balaban J connectivity index is -0.00000180. The molecule has 0 bridgehead atoms. The van der Waals surface area contributed by atoms with E-state index in [1.807, 2.05) is 0 Å². The van der Waals surface area contributed by atoms with Crippen molar-refractivity contribution in [3.63, 3.8) is 0 Å². The van der Waals surface area contributed by atoms with Gasteiger partial charge >= 0.3 is 52.6 Å². The summed E-state index contributed by atoms with van der Waals surface area (Å²) in [6.07, 6.45) is 0. The zero-order chi connectivity index (χ0) is 15.7. The topological polar surface area (TPSA) is 169 Å². The van der Waals surface area contributed by atoms with Gasteiger partial charge in [-0.05, 0) is 0 Å². The van der Waals surface area contributed by atoms with E-state index in [9.17, 15) is 39.6 Å². The van der Waals surface area contributed by atoms with Crippen LogP contribution in [-0.2, 0) is 19.2 Å². The Bertz CT molecular complexity index is 327. The summed E-state index contributed by atoms with van der Waals surface area (Å²) in [4.78, 5) is 41.8. The number of nitrogens with one attached hydrogen (secondary N) is 2. The van der Waals surface area contributed by atoms with Crippen LogP contribution in [0.1, 0.15) is 0 Å². The van der Waals surface area contributed by atoms with Gasteiger partial charge in [0.15, 0.2) is 0 Å². The quantitative estimate of drug-likeness (QED) is 0.350. The van der Waals surface area contributed by atoms with Gasteiger partial charge in [0.25, 0.3) is 0 Å². The summed E-state index contributed by atoms with van der Waals surface area (Å²) < 4.78 is 0. The van der Waals surface area contributed by atoms with Crippen molar-refractivity contribution in [2.45, 2.75) is 0 Å². The average Bonchev–Trinajstić information content (AvgIpc) is 2.22. The smallest absolute Gasteiger partial charge is 0.544 e. The van der Waals surface area contributed by atoms with E-state index < -0.39 is 50.1 Å². The summed E-state index contributed by atoms with van der Waals surface area (Å²) >= 11 is 0. The first-order valence-corrected chi connectivity index (χ1v) is 5.67. The van der Waals surface area contributed by atoms with E-state index >= 15 is 0 Å². The third-order valence-electron chi connectivity index (χ3n) is 2.41. The fourth-order valence-electron chi connectivity index (χ4n) is 1.65. The summed E-state index contributed by atoms with van der Waals surface area (Å²) in [6, 6.07) is 0. The molecule has 0 aliphatic carbocycles. The van der Waals surface area contributed by atoms with Crippen molar-refractivity contribution in [1.82, 2.24) is 0 Å². The molecular weight excluding hydrogens is 323 g/mol. The van der Waals surface area contributed by atoms with Gasteiger partial charge < -0.3 is 49.4 Å². The van der Waals surface area contributed by atoms with Crippen molar-refractivity contribution >= 4 is 46.9 Å². The third-order valence-corrected chi connectivity index (χ3v) is 2.41. The molecule has 0 saturated heterocycles. The zero-order valence-electron chi connectivity index (χ0n) is 12.2. The van der Waals surface area contributed by atoms with Gasteiger partial charge in [0.05, 0.1) is 23.9 Å². The predicted molar refractivity (Wildman–Crippen MR) is 56.9 cm³/mol. The van der Waals surface area contributed by atoms with Gasteiger partial charge in [-0.15, -0.1) is 0 Å². The SMILES string of the molecule is O=C([O-])C[NH+](CC[NH+](CC(=O)[O-])CC(=O)[O-])CC(=O)[O-].[Mg+2].[Na+]. The molecule has 0 heterocycles. The minimum atomic E-state index is -1.48. The van der Waals surface area contributed by atoms with Gasteiger partial charge in [0.1, 0.15) is 39.3 Å². The van der Waals surface area contributed by atoms with Gasteiger partial charge in [-0.3, -0.25) is 0 Å². The largest absolute Gasteiger partial charge is 2.00 e. The van der Waals surface area contributed by atoms with Crippen LogP contribution in [0.2, 0.25) is 0 Å². The molecule has 0 aliphatic heterocycles. The van der Waals surface area contributed by atoms with Crippen LogP contribution in [0.3, 0.4) is 0 Å². The number of quaternary nitrogens is 2. The maximum Gasteiger partial charge on any atom is 2.00 e. The van der Waals surface area contributed by atoms with Crippen molar-refractivity contribution in [3.05, 3.63) is 0 Å². The van der Waals surface area contributed by atoms with E-state index in [1.165, 1.54) is 0 Å². The van der Waals surface area contributed by atoms with Crippen molar-refractivity contribution in [2.24, 2.45) is 0 Å². The monoisotopic (exact) mass is 337 g/mol. The summed E-state index contributed by atoms with van der Waals surface area (Å²) in [5.41, 5.74) is 0. The van der Waals surface area contributed by atoms with Crippen LogP contribution in [0.25, 0.3) is 0 Å². The van der Waals surface area contributed by atoms with Gasteiger partial charge in [-0.25, -0.2) is 0 Å². The van der Waals surface area contributed by atoms with Crippen LogP contribution in [0, 0.1) is 0 Å². The number of carboxylic acids is 4. The molecule has 12 heteroatoms. The second-order valence-corrected chi connectivity index (χ2v) is 4.20. The Hall–Kier alpha value is -0.434. The molecule has 0 fully saturated rings. The zero-order valence-corrected chi connectivity index (χ0v) is 15.6. The number of aliphatic carboxylic acids is 4. The number of hydrogen-bond acceptors (Lipinski definition) is 8. The van der Waals surface area contributed by atoms with Crippen molar-refractivity contribution in [2.75, 3.05) is 39.3 Å². The second-order valence-electron chi connectivity index (χ2n) is 4.20. The minimum absolute atomic E-state index is 0. The first-order valence-electron chi connectivity index (χ1n) is 5.67. The summed E-state index contributed by atoms with van der Waals surface area (Å²) in [6.45, 7) is -2.62. The van der Waals surface area contributed by atoms with Crippen molar-refractivity contribution < 1.29 is 79.0 Å². The van der Waals surface area contributed by atoms with Crippen LogP contribution < -0.4 is 59.8 Å². The van der Waals surface area contributed by atoms with E-state index in [4.69, 9.17) is 0 Å². The molecule has 0 aliphatic rings. The van der Waals surface area contributed by atoms with E-state index in [0.717, 1.165) is 0 Å². The standard InChI is InChI=1S/C10H16N2O8.Mg.Na/c13-7(14)3-11(4-8(15)16)1-2-12(5-9(17)18)6-10(19)20;;/h1-6H2,(H,13,14)(H,15,16)(H,17,18)(H,19,20);;/q;+2;+1/p-2. The van der Waals surface area contributed by atoms with Crippen LogP contribution in [0.4, 0.5) is 0 Å². The first kappa shape index (κ1) is 26.5. The number of carbonyl (C=O) groups excluding carboxylic acids is 4. The molecule has 0 aromatic rings. The summed E-state index contributed by atoms with van der Waals surface area (Å²) in [5.74, 6) is -5.93. The van der Waals surface area contributed by atoms with Gasteiger partial charge in [0, 0.05) is 0 Å². The normalized spacial score (nSPS) is 9.73. The van der Waals surface area contributed by atoms with Gasteiger partial charge in [-0.2, -0.15) is 0 Å². The molecule has 0 aromatic heterocycles. The fraction of sp³-hybridized carbons (Fsp3) is 0.600. The Labute approximate surface area is 164 Å². The van der Waals surface area contributed by atoms with Crippen LogP contribution in [-0.4, -0.2) is 86.2 Å². The van der Waals surface area contributed by atoms with E-state index in [1.54, 1.807) is 0 Å². The van der Waals surface area contributed by atoms with E-state index in [0.29, 0.717) is 0 Å². The molecule has 0 spiro atoms. The Kier molecular flexibility index (Phi) is 17.1. The molecule has 0 rings (SSSR count). The number of carbonyl (C=O) groups is 4. The molecule has 0 atom stereocenters. The minimum Gasteiger partial charge on any atom is -0.544 e. The first-order chi connectivity index (χ1) is 9.20. The van der Waals surface area contributed by atoms with Crippen molar-refractivity contribution in [1.29, 1.82) is 0 Å². The molecular formula is C10H14MgN2NaO8+. The number of carboxylic acid groups (broad SMARTS) is 4. The van der Waals surface area contributed by atoms with Crippen LogP contribution in [0.5, 0.6) is 0 Å². The molecule has 0 saturated carbocycles. The van der Waals surface area contributed by atoms with Gasteiger partial charge in [-0.1, -0.05) is 0 Å². The molecule has 2 N–H and O–H groups in total. The second kappa shape index (κ2) is 14.2. The van der Waals surface area contributed by atoms with Crippen LogP contribution >= 0.6 is 0 Å². The summed E-state index contributed by atoms with van der Waals surface area (Å²) in [7, 11) is 0. The molecule has 114 valence electrons. The predicted octanol–water partition coefficient (Wildman–Crippen LogP) is -13.6. The molecule has 10 nitrogen and oxygen atoms in total. The average molecular weight is 338 g/mol. The third kappa shape index (κ3) is 15.9. The van der Waals surface area contributed by atoms with Crippen LogP contribution in [0.15, 0.2) is 0 Å². The van der Waals surface area contributed by atoms with Gasteiger partial charge in [0.2, 0.25) is 0 Å². The number of rotatable bonds is 11. The maximum absolute atomic E-state index is 10.4. The molecule has 0 unspecified atom stereocenters. The number of hydrogen-bond donors (Lipinski definition) is 2. The van der Waals surface area contributed by atoms with E-state index in [-0.39, 0.29) is 75.5 Å². The fourth-order valence-corrected chi connectivity index (χ4v) is 1.65. The summed E-state index contributed by atoms with van der Waals surface area (Å²) in [5, 5.41) is 41.7. The Morgan fingerprint density at radius 1 is 0.591 bits per heavy atom. The molecule has 0 radical (unpaired) electrons. The van der Waals surface area contributed by atoms with Crippen molar-refractivity contribution in [3.8, 4) is 0 Å². The maximum atomic E-state index is 10.4. The Morgan fingerprint density at radius 2 is 0.773 bits per heavy atom. The molecule has 0 aromatic carbocycles. The molecule has 0 amide bonds. The Morgan fingerprint density at radius 3 is 0.909 bits per heavy atom. The molecule has 22 heavy (non-hydrogen) atoms. The van der Waals surface area contributed by atoms with E-state index in [2.05, 4.69) is 0 Å².